The molecule has 2 aromatic rings. The van der Waals surface area contributed by atoms with Crippen LogP contribution in [0.5, 0.6) is 0 Å². The maximum absolute atomic E-state index is 9.68. The van der Waals surface area contributed by atoms with Gasteiger partial charge in [-0.05, 0) is 32.9 Å². The lowest BCUT2D eigenvalue weighted by Crippen LogP contribution is -2.48. The van der Waals surface area contributed by atoms with E-state index in [2.05, 4.69) is 20.9 Å². The Labute approximate surface area is 108 Å². The predicted octanol–water partition coefficient (Wildman–Crippen LogP) is 1.82. The van der Waals surface area contributed by atoms with Crippen molar-refractivity contribution in [3.05, 3.63) is 30.1 Å². The molecule has 1 aromatic heterocycles. The van der Waals surface area contributed by atoms with Crippen LogP contribution < -0.4 is 5.32 Å². The Bertz CT molecular complexity index is 543. The van der Waals surface area contributed by atoms with Gasteiger partial charge < -0.3 is 15.0 Å². The zero-order valence-corrected chi connectivity index (χ0v) is 11.4. The van der Waals surface area contributed by atoms with E-state index in [1.807, 2.05) is 39.1 Å². The van der Waals surface area contributed by atoms with Crippen molar-refractivity contribution in [1.82, 2.24) is 14.9 Å². The quantitative estimate of drug-likeness (QED) is 0.866. The number of fused-ring (bicyclic) bond motifs is 1. The second-order valence-electron chi connectivity index (χ2n) is 5.33. The summed E-state index contributed by atoms with van der Waals surface area (Å²) in [6.07, 6.45) is -0.410. The lowest BCUT2D eigenvalue weighted by atomic mass is 9.99. The number of imidazole rings is 1. The predicted molar refractivity (Wildman–Crippen MR) is 73.3 cm³/mol. The molecule has 0 aliphatic carbocycles. The first-order valence-corrected chi connectivity index (χ1v) is 6.25. The summed E-state index contributed by atoms with van der Waals surface area (Å²) in [5.41, 5.74) is 1.81. The minimum Gasteiger partial charge on any atom is -0.392 e. The van der Waals surface area contributed by atoms with Gasteiger partial charge in [-0.15, -0.1) is 0 Å². The molecule has 0 aliphatic heterocycles. The number of nitrogens with one attached hydrogen (secondary N) is 1. The summed E-state index contributed by atoms with van der Waals surface area (Å²) in [7, 11) is 2.02. The Morgan fingerprint density at radius 2 is 2.06 bits per heavy atom. The highest BCUT2D eigenvalue weighted by molar-refractivity contribution is 5.75. The van der Waals surface area contributed by atoms with Crippen molar-refractivity contribution in [3.8, 4) is 0 Å². The Morgan fingerprint density at radius 3 is 2.67 bits per heavy atom. The molecule has 4 heteroatoms. The third-order valence-corrected chi connectivity index (χ3v) is 3.63. The van der Waals surface area contributed by atoms with Crippen LogP contribution in [0, 0.1) is 0 Å². The fraction of sp³-hybridized carbons (Fsp3) is 0.500. The van der Waals surface area contributed by atoms with Gasteiger partial charge in [-0.2, -0.15) is 0 Å². The van der Waals surface area contributed by atoms with E-state index in [-0.39, 0.29) is 5.54 Å². The van der Waals surface area contributed by atoms with E-state index in [0.29, 0.717) is 6.54 Å². The van der Waals surface area contributed by atoms with Crippen molar-refractivity contribution in [2.45, 2.75) is 39.0 Å². The Balaban J connectivity index is 2.20. The molecule has 18 heavy (non-hydrogen) atoms. The number of hydrogen-bond acceptors (Lipinski definition) is 3. The van der Waals surface area contributed by atoms with Crippen LogP contribution in [0.4, 0.5) is 0 Å². The van der Waals surface area contributed by atoms with E-state index in [1.54, 1.807) is 6.92 Å². The number of hydrogen-bond donors (Lipinski definition) is 2. The first-order valence-electron chi connectivity index (χ1n) is 6.25. The molecule has 1 aromatic carbocycles. The SMILES string of the molecule is CC(O)C(C)(C)NCc1nc2ccccc2n1C. The minimum atomic E-state index is -0.410. The summed E-state index contributed by atoms with van der Waals surface area (Å²) in [6, 6.07) is 8.08. The fourth-order valence-electron chi connectivity index (χ4n) is 1.81. The highest BCUT2D eigenvalue weighted by Crippen LogP contribution is 2.15. The van der Waals surface area contributed by atoms with E-state index in [4.69, 9.17) is 0 Å². The Kier molecular flexibility index (Phi) is 3.41. The van der Waals surface area contributed by atoms with Crippen LogP contribution >= 0.6 is 0 Å². The normalized spacial score (nSPS) is 14.1. The van der Waals surface area contributed by atoms with Crippen molar-refractivity contribution < 1.29 is 5.11 Å². The highest BCUT2D eigenvalue weighted by atomic mass is 16.3. The third-order valence-electron chi connectivity index (χ3n) is 3.63. The Morgan fingerprint density at radius 1 is 1.39 bits per heavy atom. The monoisotopic (exact) mass is 247 g/mol. The summed E-state index contributed by atoms with van der Waals surface area (Å²) in [5, 5.41) is 13.0. The fourth-order valence-corrected chi connectivity index (χ4v) is 1.81. The van der Waals surface area contributed by atoms with Crippen LogP contribution in [0.25, 0.3) is 11.0 Å². The first kappa shape index (κ1) is 13.1. The van der Waals surface area contributed by atoms with Gasteiger partial charge in [0.15, 0.2) is 0 Å². The number of aromatic nitrogens is 2. The van der Waals surface area contributed by atoms with Gasteiger partial charge in [0.25, 0.3) is 0 Å². The molecule has 0 bridgehead atoms. The molecule has 0 aliphatic rings. The van der Waals surface area contributed by atoms with E-state index in [9.17, 15) is 5.11 Å². The summed E-state index contributed by atoms with van der Waals surface area (Å²) in [5.74, 6) is 0.977. The maximum Gasteiger partial charge on any atom is 0.123 e. The standard InChI is InChI=1S/C14H21N3O/c1-10(18)14(2,3)15-9-13-16-11-7-5-6-8-12(11)17(13)4/h5-8,10,15,18H,9H2,1-4H3. The van der Waals surface area contributed by atoms with Gasteiger partial charge in [-0.25, -0.2) is 4.98 Å². The van der Waals surface area contributed by atoms with Gasteiger partial charge >= 0.3 is 0 Å². The average molecular weight is 247 g/mol. The number of nitrogens with zero attached hydrogens (tertiary/aromatic N) is 2. The molecule has 0 amide bonds. The number of aliphatic hydroxyl groups excluding tert-OH is 1. The molecule has 1 heterocycles. The lowest BCUT2D eigenvalue weighted by molar-refractivity contribution is 0.0950. The number of rotatable bonds is 4. The van der Waals surface area contributed by atoms with E-state index in [0.717, 1.165) is 16.9 Å². The zero-order chi connectivity index (χ0) is 13.3. The molecular formula is C14H21N3O. The average Bonchev–Trinajstić information content (AvgIpc) is 2.64. The van der Waals surface area contributed by atoms with Crippen LogP contribution in [0.1, 0.15) is 26.6 Å². The number of aliphatic hydroxyl groups is 1. The van der Waals surface area contributed by atoms with Crippen LogP contribution in [0.2, 0.25) is 0 Å². The summed E-state index contributed by atoms with van der Waals surface area (Å²) in [4.78, 5) is 4.59. The second-order valence-corrected chi connectivity index (χ2v) is 5.33. The van der Waals surface area contributed by atoms with Crippen LogP contribution in [-0.2, 0) is 13.6 Å². The maximum atomic E-state index is 9.68. The smallest absolute Gasteiger partial charge is 0.123 e. The zero-order valence-electron chi connectivity index (χ0n) is 11.4. The molecule has 98 valence electrons. The molecule has 0 saturated heterocycles. The van der Waals surface area contributed by atoms with Crippen molar-refractivity contribution in [3.63, 3.8) is 0 Å². The van der Waals surface area contributed by atoms with Gasteiger partial charge in [-0.3, -0.25) is 0 Å². The van der Waals surface area contributed by atoms with Gasteiger partial charge in [0.05, 0.1) is 23.7 Å². The third kappa shape index (κ3) is 2.40. The van der Waals surface area contributed by atoms with Crippen LogP contribution in [-0.4, -0.2) is 26.3 Å². The molecular weight excluding hydrogens is 226 g/mol. The molecule has 1 unspecified atom stereocenters. The van der Waals surface area contributed by atoms with E-state index < -0.39 is 6.10 Å². The molecule has 1 atom stereocenters. The molecule has 2 N–H and O–H groups in total. The van der Waals surface area contributed by atoms with Crippen molar-refractivity contribution >= 4 is 11.0 Å². The van der Waals surface area contributed by atoms with Gasteiger partial charge in [0.1, 0.15) is 5.82 Å². The van der Waals surface area contributed by atoms with Gasteiger partial charge in [0, 0.05) is 12.6 Å². The molecule has 0 spiro atoms. The summed E-state index contributed by atoms with van der Waals surface area (Å²) < 4.78 is 2.08. The summed E-state index contributed by atoms with van der Waals surface area (Å²) in [6.45, 7) is 6.41. The van der Waals surface area contributed by atoms with Gasteiger partial charge in [-0.1, -0.05) is 12.1 Å². The number of aryl methyl sites for hydroxylation is 1. The van der Waals surface area contributed by atoms with Crippen LogP contribution in [0.15, 0.2) is 24.3 Å². The topological polar surface area (TPSA) is 50.1 Å². The second kappa shape index (κ2) is 4.71. The number of para-hydroxylation sites is 2. The number of benzene rings is 1. The Hall–Kier alpha value is -1.39. The first-order chi connectivity index (χ1) is 8.42. The van der Waals surface area contributed by atoms with Crippen molar-refractivity contribution in [1.29, 1.82) is 0 Å². The minimum absolute atomic E-state index is 0.321. The van der Waals surface area contributed by atoms with Crippen molar-refractivity contribution in [2.24, 2.45) is 7.05 Å². The van der Waals surface area contributed by atoms with E-state index >= 15 is 0 Å². The molecule has 2 rings (SSSR count). The largest absolute Gasteiger partial charge is 0.392 e. The lowest BCUT2D eigenvalue weighted by Gasteiger charge is -2.29. The summed E-state index contributed by atoms with van der Waals surface area (Å²) >= 11 is 0. The molecule has 4 nitrogen and oxygen atoms in total. The molecule has 0 saturated carbocycles. The molecule has 0 fully saturated rings. The van der Waals surface area contributed by atoms with Gasteiger partial charge in [0.2, 0.25) is 0 Å². The van der Waals surface area contributed by atoms with Crippen LogP contribution in [0.3, 0.4) is 0 Å². The highest BCUT2D eigenvalue weighted by Gasteiger charge is 2.23. The van der Waals surface area contributed by atoms with Crippen molar-refractivity contribution in [2.75, 3.05) is 0 Å². The molecule has 0 radical (unpaired) electrons. The van der Waals surface area contributed by atoms with E-state index in [1.165, 1.54) is 0 Å².